The fourth-order valence-electron chi connectivity index (χ4n) is 10.9. The average Bonchev–Trinajstić information content (AvgIpc) is 4.10. The van der Waals surface area contributed by atoms with Crippen molar-refractivity contribution < 1.29 is 0 Å². The van der Waals surface area contributed by atoms with Crippen LogP contribution in [0.5, 0.6) is 0 Å². The van der Waals surface area contributed by atoms with Crippen molar-refractivity contribution in [2.45, 2.75) is 107 Å². The first-order valence-electron chi connectivity index (χ1n) is 23.5. The highest BCUT2D eigenvalue weighted by Gasteiger charge is 2.29. The van der Waals surface area contributed by atoms with E-state index in [1.165, 1.54) is 44.5 Å². The molecule has 1 aliphatic heterocycles. The lowest BCUT2D eigenvalue weighted by Crippen LogP contribution is -2.21. The molecule has 0 aliphatic carbocycles. The molecule has 8 aromatic heterocycles. The lowest BCUT2D eigenvalue weighted by Gasteiger charge is -2.11. The summed E-state index contributed by atoms with van der Waals surface area (Å²) in [6, 6.07) is 17.4. The third kappa shape index (κ3) is 6.91. The third-order valence-electron chi connectivity index (χ3n) is 13.6. The van der Waals surface area contributed by atoms with E-state index in [0.29, 0.717) is 0 Å². The first kappa shape index (κ1) is 42.5. The van der Waals surface area contributed by atoms with Crippen molar-refractivity contribution in [1.29, 1.82) is 0 Å². The van der Waals surface area contributed by atoms with Gasteiger partial charge < -0.3 is 19.9 Å². The van der Waals surface area contributed by atoms with E-state index in [1.54, 1.807) is 0 Å². The second-order valence-electron chi connectivity index (χ2n) is 16.6. The number of rotatable bonds is 12. The Hall–Kier alpha value is -6.80. The molecule has 0 radical (unpaired) electrons. The molecule has 0 saturated heterocycles. The summed E-state index contributed by atoms with van der Waals surface area (Å²) < 4.78 is 0. The Morgan fingerprint density at radius 2 is 0.453 bits per heavy atom. The van der Waals surface area contributed by atoms with Crippen molar-refractivity contribution in [3.05, 3.63) is 209 Å². The molecule has 64 heavy (non-hydrogen) atoms. The van der Waals surface area contributed by atoms with Crippen LogP contribution in [0.1, 0.15) is 145 Å². The van der Waals surface area contributed by atoms with Crippen LogP contribution in [0.4, 0.5) is 0 Å². The molecule has 8 heteroatoms. The Morgan fingerprint density at radius 1 is 0.266 bits per heavy atom. The molecule has 8 aromatic rings. The first-order chi connectivity index (χ1) is 31.5. The summed E-state index contributed by atoms with van der Waals surface area (Å²) in [7, 11) is 0. The molecule has 0 saturated carbocycles. The fourth-order valence-corrected chi connectivity index (χ4v) is 10.9. The Balaban J connectivity index is 1.67. The van der Waals surface area contributed by atoms with Crippen LogP contribution in [-0.4, -0.2) is 39.9 Å². The minimum Gasteiger partial charge on any atom is -0.354 e. The lowest BCUT2D eigenvalue weighted by atomic mass is 9.91. The SMILES string of the molecule is CCc1c2[nH]c(c1CC)C(c1ccncc1)=c1[nH]c(c(CC)c1CC)=C(c1ccncc1)c1[nH]c(c(CC)c1CC)C(c1ccncc1)=c1[nH]c(c(CC)c1CC)=C2c1ccncc1. The van der Waals surface area contributed by atoms with Crippen LogP contribution in [0.2, 0.25) is 0 Å². The molecule has 0 atom stereocenters. The van der Waals surface area contributed by atoms with Gasteiger partial charge >= 0.3 is 0 Å². The number of hydrogen-bond donors (Lipinski definition) is 4. The Labute approximate surface area is 376 Å². The summed E-state index contributed by atoms with van der Waals surface area (Å²) in [5.74, 6) is 0. The zero-order valence-electron chi connectivity index (χ0n) is 38.7. The summed E-state index contributed by atoms with van der Waals surface area (Å²) >= 11 is 0. The van der Waals surface area contributed by atoms with Crippen molar-refractivity contribution in [2.24, 2.45) is 0 Å². The van der Waals surface area contributed by atoms with E-state index in [9.17, 15) is 0 Å². The van der Waals surface area contributed by atoms with Gasteiger partial charge in [0.1, 0.15) is 0 Å². The van der Waals surface area contributed by atoms with Crippen molar-refractivity contribution in [2.75, 3.05) is 0 Å². The number of aromatic nitrogens is 8. The van der Waals surface area contributed by atoms with Crippen LogP contribution in [0.3, 0.4) is 0 Å². The van der Waals surface area contributed by atoms with Crippen LogP contribution >= 0.6 is 0 Å². The van der Waals surface area contributed by atoms with Crippen LogP contribution in [0, 0.1) is 0 Å². The van der Waals surface area contributed by atoms with E-state index >= 15 is 0 Å². The van der Waals surface area contributed by atoms with E-state index < -0.39 is 0 Å². The number of nitrogens with one attached hydrogen (secondary N) is 4. The maximum absolute atomic E-state index is 4.53. The predicted octanol–water partition coefficient (Wildman–Crippen LogP) is 8.38. The maximum atomic E-state index is 4.53. The van der Waals surface area contributed by atoms with E-state index in [1.807, 2.05) is 49.6 Å². The van der Waals surface area contributed by atoms with Crippen molar-refractivity contribution in [3.8, 4) is 0 Å². The Bertz CT molecular complexity index is 2790. The summed E-state index contributed by atoms with van der Waals surface area (Å²) in [5, 5.41) is 4.57. The standard InChI is InChI=1S/C56H60N8/c1-9-37-38(10-2)50-46(34-19-27-58-28-20-34)52-41(13-5)42(14-6)54(63-52)48(36-23-31-60-32-24-36)56-44(16-8)43(15-7)55(64-56)47(35-21-29-59-30-22-35)53-40(12-4)39(11-3)51(62-53)45(49(37)61-50)33-17-25-57-26-18-33/h17-32,61-64H,9-16H2,1-8H3. The van der Waals surface area contributed by atoms with E-state index in [4.69, 9.17) is 0 Å². The molecule has 4 N–H and O–H groups in total. The van der Waals surface area contributed by atoms with Gasteiger partial charge in [0.25, 0.3) is 0 Å². The Kier molecular flexibility index (Phi) is 12.0. The second kappa shape index (κ2) is 18.1. The van der Waals surface area contributed by atoms with E-state index in [-0.39, 0.29) is 0 Å². The molecule has 8 bridgehead atoms. The number of pyridine rings is 4. The van der Waals surface area contributed by atoms with Gasteiger partial charge in [-0.25, -0.2) is 0 Å². The average molecular weight is 845 g/mol. The molecule has 0 spiro atoms. The zero-order chi connectivity index (χ0) is 44.5. The highest BCUT2D eigenvalue weighted by molar-refractivity contribution is 5.89. The minimum atomic E-state index is 0.860. The Morgan fingerprint density at radius 3 is 0.625 bits per heavy atom. The fraction of sp³-hybridized carbons (Fsp3) is 0.286. The van der Waals surface area contributed by atoms with E-state index in [0.717, 1.165) is 140 Å². The molecule has 9 rings (SSSR count). The van der Waals surface area contributed by atoms with Gasteiger partial charge in [0.05, 0.1) is 44.2 Å². The van der Waals surface area contributed by atoms with E-state index in [2.05, 4.69) is 144 Å². The van der Waals surface area contributed by atoms with Crippen molar-refractivity contribution in [1.82, 2.24) is 39.9 Å². The number of aromatic amines is 4. The number of H-pyrrole nitrogens is 4. The molecular formula is C56H60N8. The van der Waals surface area contributed by atoms with Gasteiger partial charge in [-0.15, -0.1) is 0 Å². The second-order valence-corrected chi connectivity index (χ2v) is 16.6. The predicted molar refractivity (Wildman–Crippen MR) is 260 cm³/mol. The molecule has 324 valence electrons. The summed E-state index contributed by atoms with van der Waals surface area (Å²) in [4.78, 5) is 35.1. The highest BCUT2D eigenvalue weighted by Crippen LogP contribution is 2.37. The smallest absolute Gasteiger partial charge is 0.0521 e. The van der Waals surface area contributed by atoms with Crippen molar-refractivity contribution >= 4 is 22.3 Å². The quantitative estimate of drug-likeness (QED) is 0.0990. The van der Waals surface area contributed by atoms with Gasteiger partial charge in [0, 0.05) is 71.9 Å². The molecular weight excluding hydrogens is 785 g/mol. The van der Waals surface area contributed by atoms with Gasteiger partial charge in [0.15, 0.2) is 0 Å². The minimum absolute atomic E-state index is 0.860. The molecule has 0 unspecified atom stereocenters. The molecule has 8 nitrogen and oxygen atoms in total. The largest absolute Gasteiger partial charge is 0.354 e. The van der Waals surface area contributed by atoms with Crippen LogP contribution < -0.4 is 21.4 Å². The molecule has 9 heterocycles. The van der Waals surface area contributed by atoms with Crippen molar-refractivity contribution in [3.63, 3.8) is 0 Å². The summed E-state index contributed by atoms with van der Waals surface area (Å²) in [6.07, 6.45) is 22.3. The monoisotopic (exact) mass is 844 g/mol. The van der Waals surface area contributed by atoms with Crippen LogP contribution in [0.25, 0.3) is 22.3 Å². The summed E-state index contributed by atoms with van der Waals surface area (Å²) in [5.41, 5.74) is 24.3. The third-order valence-corrected chi connectivity index (χ3v) is 13.6. The molecule has 0 aromatic carbocycles. The topological polar surface area (TPSA) is 115 Å². The lowest BCUT2D eigenvalue weighted by molar-refractivity contribution is 1.03. The number of hydrogen-bond acceptors (Lipinski definition) is 4. The van der Waals surface area contributed by atoms with Crippen LogP contribution in [-0.2, 0) is 51.4 Å². The molecule has 0 amide bonds. The van der Waals surface area contributed by atoms with Gasteiger partial charge in [0.2, 0.25) is 0 Å². The normalized spacial score (nSPS) is 12.8. The van der Waals surface area contributed by atoms with Gasteiger partial charge in [-0.2, -0.15) is 0 Å². The first-order valence-corrected chi connectivity index (χ1v) is 23.5. The number of fused-ring (bicyclic) bond motifs is 8. The zero-order valence-corrected chi connectivity index (χ0v) is 38.7. The molecule has 1 aliphatic rings. The maximum Gasteiger partial charge on any atom is 0.0521 e. The molecule has 0 fully saturated rings. The van der Waals surface area contributed by atoms with Gasteiger partial charge in [-0.3, -0.25) is 19.9 Å². The van der Waals surface area contributed by atoms with Crippen LogP contribution in [0.15, 0.2) is 98.1 Å². The van der Waals surface area contributed by atoms with Gasteiger partial charge in [-0.05, 0) is 167 Å². The number of nitrogens with zero attached hydrogens (tertiary/aromatic N) is 4. The summed E-state index contributed by atoms with van der Waals surface area (Å²) in [6.45, 7) is 18.4. The van der Waals surface area contributed by atoms with Gasteiger partial charge in [-0.1, -0.05) is 55.4 Å². The highest BCUT2D eigenvalue weighted by atomic mass is 14.8.